The molecule has 0 saturated carbocycles. The minimum Gasteiger partial charge on any atom is -0.342 e. The second kappa shape index (κ2) is 5.98. The van der Waals surface area contributed by atoms with Crippen LogP contribution >= 0.6 is 11.6 Å². The third-order valence-corrected chi connectivity index (χ3v) is 4.25. The Morgan fingerprint density at radius 3 is 2.62 bits per heavy atom. The van der Waals surface area contributed by atoms with Crippen LogP contribution in [0.2, 0.25) is 5.02 Å². The Morgan fingerprint density at radius 2 is 2.05 bits per heavy atom. The zero-order valence-electron chi connectivity index (χ0n) is 11.6. The third-order valence-electron chi connectivity index (χ3n) is 3.96. The van der Waals surface area contributed by atoms with E-state index in [9.17, 15) is 13.6 Å². The number of nitriles is 1. The van der Waals surface area contributed by atoms with Gasteiger partial charge in [-0.25, -0.2) is 8.78 Å². The second-order valence-electron chi connectivity index (χ2n) is 5.55. The molecule has 6 heteroatoms. The number of halogens is 3. The van der Waals surface area contributed by atoms with Crippen LogP contribution in [0.5, 0.6) is 0 Å². The van der Waals surface area contributed by atoms with Crippen LogP contribution in [0.4, 0.5) is 8.78 Å². The molecule has 112 valence electrons. The Morgan fingerprint density at radius 1 is 1.43 bits per heavy atom. The number of benzene rings is 1. The molecule has 1 aromatic rings. The van der Waals surface area contributed by atoms with E-state index in [1.54, 1.807) is 4.90 Å². The van der Waals surface area contributed by atoms with Crippen molar-refractivity contribution in [3.05, 3.63) is 34.4 Å². The molecule has 0 aliphatic carbocycles. The zero-order valence-corrected chi connectivity index (χ0v) is 12.4. The molecule has 3 nitrogen and oxygen atoms in total. The number of nitrogens with zero attached hydrogens (tertiary/aromatic N) is 2. The van der Waals surface area contributed by atoms with Crippen molar-refractivity contribution in [1.82, 2.24) is 4.90 Å². The largest absolute Gasteiger partial charge is 0.342 e. The van der Waals surface area contributed by atoms with E-state index in [2.05, 4.69) is 6.07 Å². The van der Waals surface area contributed by atoms with Crippen molar-refractivity contribution in [2.45, 2.75) is 26.2 Å². The SMILES string of the molecule is CC1(C#N)CCN(C(=O)Cc2c(F)ccc(Cl)c2F)CC1. The molecule has 1 amide bonds. The van der Waals surface area contributed by atoms with Crippen molar-refractivity contribution in [1.29, 1.82) is 5.26 Å². The molecule has 1 saturated heterocycles. The Labute approximate surface area is 127 Å². The Bertz CT molecular complexity index is 604. The lowest BCUT2D eigenvalue weighted by molar-refractivity contribution is -0.132. The van der Waals surface area contributed by atoms with Gasteiger partial charge in [0.1, 0.15) is 11.6 Å². The standard InChI is InChI=1S/C15H15ClF2N2O/c1-15(9-19)4-6-20(7-5-15)13(21)8-10-12(17)3-2-11(16)14(10)18/h2-3H,4-8H2,1H3. The summed E-state index contributed by atoms with van der Waals surface area (Å²) in [5.74, 6) is -2.01. The fourth-order valence-corrected chi connectivity index (χ4v) is 2.53. The highest BCUT2D eigenvalue weighted by atomic mass is 35.5. The summed E-state index contributed by atoms with van der Waals surface area (Å²) in [5.41, 5.74) is -0.732. The summed E-state index contributed by atoms with van der Waals surface area (Å²) >= 11 is 5.61. The summed E-state index contributed by atoms with van der Waals surface area (Å²) in [6, 6.07) is 4.42. The number of amides is 1. The minimum atomic E-state index is -0.885. The first-order valence-electron chi connectivity index (χ1n) is 6.68. The van der Waals surface area contributed by atoms with Gasteiger partial charge >= 0.3 is 0 Å². The molecule has 1 aliphatic heterocycles. The highest BCUT2D eigenvalue weighted by Crippen LogP contribution is 2.30. The number of hydrogen-bond donors (Lipinski definition) is 0. The molecule has 1 heterocycles. The van der Waals surface area contributed by atoms with Crippen LogP contribution in [-0.4, -0.2) is 23.9 Å². The molecule has 0 radical (unpaired) electrons. The minimum absolute atomic E-state index is 0.199. The highest BCUT2D eigenvalue weighted by molar-refractivity contribution is 6.30. The Hall–Kier alpha value is -1.67. The van der Waals surface area contributed by atoms with Gasteiger partial charge in [0, 0.05) is 18.7 Å². The van der Waals surface area contributed by atoms with Crippen LogP contribution < -0.4 is 0 Å². The monoisotopic (exact) mass is 312 g/mol. The molecule has 0 N–H and O–H groups in total. The average molecular weight is 313 g/mol. The summed E-state index contributed by atoms with van der Waals surface area (Å²) in [6.45, 7) is 2.70. The van der Waals surface area contributed by atoms with Gasteiger partial charge in [-0.3, -0.25) is 4.79 Å². The van der Waals surface area contributed by atoms with Crippen molar-refractivity contribution in [3.8, 4) is 6.07 Å². The Kier molecular flexibility index (Phi) is 4.48. The predicted octanol–water partition coefficient (Wildman–Crippen LogP) is 3.31. The number of carbonyl (C=O) groups excluding carboxylic acids is 1. The molecule has 1 aliphatic rings. The molecular weight excluding hydrogens is 298 g/mol. The van der Waals surface area contributed by atoms with Crippen LogP contribution in [0, 0.1) is 28.4 Å². The van der Waals surface area contributed by atoms with E-state index < -0.39 is 17.0 Å². The van der Waals surface area contributed by atoms with E-state index in [4.69, 9.17) is 16.9 Å². The summed E-state index contributed by atoms with van der Waals surface area (Å²) < 4.78 is 27.4. The zero-order chi connectivity index (χ0) is 15.6. The maximum absolute atomic E-state index is 13.8. The fourth-order valence-electron chi connectivity index (χ4n) is 2.36. The van der Waals surface area contributed by atoms with E-state index in [1.807, 2.05) is 6.92 Å². The smallest absolute Gasteiger partial charge is 0.227 e. The van der Waals surface area contributed by atoms with Crippen molar-refractivity contribution in [2.24, 2.45) is 5.41 Å². The lowest BCUT2D eigenvalue weighted by atomic mass is 9.82. The maximum atomic E-state index is 13.8. The fraction of sp³-hybridized carbons (Fsp3) is 0.467. The van der Waals surface area contributed by atoms with Crippen molar-refractivity contribution in [2.75, 3.05) is 13.1 Å². The van der Waals surface area contributed by atoms with Crippen LogP contribution in [0.1, 0.15) is 25.3 Å². The van der Waals surface area contributed by atoms with E-state index in [0.29, 0.717) is 25.9 Å². The van der Waals surface area contributed by atoms with Gasteiger partial charge in [0.2, 0.25) is 5.91 Å². The Balaban J connectivity index is 2.07. The van der Waals surface area contributed by atoms with Gasteiger partial charge in [-0.1, -0.05) is 11.6 Å². The summed E-state index contributed by atoms with van der Waals surface area (Å²) in [7, 11) is 0. The topological polar surface area (TPSA) is 44.1 Å². The first-order valence-corrected chi connectivity index (χ1v) is 7.05. The molecule has 21 heavy (non-hydrogen) atoms. The van der Waals surface area contributed by atoms with Gasteiger partial charge in [0.25, 0.3) is 0 Å². The van der Waals surface area contributed by atoms with Gasteiger partial charge in [-0.2, -0.15) is 5.26 Å². The van der Waals surface area contributed by atoms with Gasteiger partial charge in [-0.05, 0) is 31.9 Å². The number of likely N-dealkylation sites (tertiary alicyclic amines) is 1. The lowest BCUT2D eigenvalue weighted by Crippen LogP contribution is -2.42. The molecule has 1 fully saturated rings. The molecule has 0 unspecified atom stereocenters. The summed E-state index contributed by atoms with van der Waals surface area (Å²) in [5, 5.41) is 8.85. The molecule has 1 aromatic carbocycles. The van der Waals surface area contributed by atoms with Gasteiger partial charge in [0.05, 0.1) is 22.9 Å². The van der Waals surface area contributed by atoms with Gasteiger partial charge < -0.3 is 4.90 Å². The second-order valence-corrected chi connectivity index (χ2v) is 5.96. The molecule has 0 atom stereocenters. The van der Waals surface area contributed by atoms with E-state index >= 15 is 0 Å². The average Bonchev–Trinajstić information content (AvgIpc) is 2.48. The first-order chi connectivity index (χ1) is 9.86. The summed E-state index contributed by atoms with van der Waals surface area (Å²) in [4.78, 5) is 13.7. The van der Waals surface area contributed by atoms with E-state index in [-0.39, 0.29) is 22.9 Å². The number of piperidine rings is 1. The van der Waals surface area contributed by atoms with E-state index in [1.165, 1.54) is 0 Å². The van der Waals surface area contributed by atoms with Crippen LogP contribution in [0.3, 0.4) is 0 Å². The molecule has 0 aromatic heterocycles. The third kappa shape index (κ3) is 3.33. The van der Waals surface area contributed by atoms with Crippen LogP contribution in [0.15, 0.2) is 12.1 Å². The van der Waals surface area contributed by atoms with Crippen LogP contribution in [-0.2, 0) is 11.2 Å². The van der Waals surface area contributed by atoms with Crippen molar-refractivity contribution in [3.63, 3.8) is 0 Å². The predicted molar refractivity (Wildman–Crippen MR) is 74.6 cm³/mol. The van der Waals surface area contributed by atoms with E-state index in [0.717, 1.165) is 12.1 Å². The van der Waals surface area contributed by atoms with Crippen molar-refractivity contribution >= 4 is 17.5 Å². The molecule has 2 rings (SSSR count). The highest BCUT2D eigenvalue weighted by Gasteiger charge is 2.32. The molecule has 0 spiro atoms. The first kappa shape index (κ1) is 15.7. The van der Waals surface area contributed by atoms with Crippen LogP contribution in [0.25, 0.3) is 0 Å². The lowest BCUT2D eigenvalue weighted by Gasteiger charge is -2.35. The maximum Gasteiger partial charge on any atom is 0.227 e. The van der Waals surface area contributed by atoms with Gasteiger partial charge in [0.15, 0.2) is 0 Å². The number of rotatable bonds is 2. The summed E-state index contributed by atoms with van der Waals surface area (Å²) in [6.07, 6.45) is 0.771. The molecule has 0 bridgehead atoms. The number of carbonyl (C=O) groups is 1. The number of hydrogen-bond acceptors (Lipinski definition) is 2. The van der Waals surface area contributed by atoms with Crippen molar-refractivity contribution < 1.29 is 13.6 Å². The quantitative estimate of drug-likeness (QED) is 0.786. The normalized spacial score (nSPS) is 17.4. The van der Waals surface area contributed by atoms with Gasteiger partial charge in [-0.15, -0.1) is 0 Å². The molecular formula is C15H15ClF2N2O.